The Morgan fingerprint density at radius 3 is 2.60 bits per heavy atom. The molecule has 1 aromatic heterocycles. The number of carbonyl (C=O) groups excluding carboxylic acids is 1. The second kappa shape index (κ2) is 5.04. The van der Waals surface area contributed by atoms with E-state index in [0.717, 1.165) is 24.5 Å². The summed E-state index contributed by atoms with van der Waals surface area (Å²) in [6.07, 6.45) is 1.78. The van der Waals surface area contributed by atoms with Crippen LogP contribution in [0.3, 0.4) is 0 Å². The molecule has 1 aromatic carbocycles. The van der Waals surface area contributed by atoms with Gasteiger partial charge in [0, 0.05) is 26.3 Å². The van der Waals surface area contributed by atoms with Crippen LogP contribution >= 0.6 is 0 Å². The smallest absolute Gasteiger partial charge is 0.274 e. The maximum atomic E-state index is 12.7. The summed E-state index contributed by atoms with van der Waals surface area (Å²) in [5.74, 6) is 0.455. The third kappa shape index (κ3) is 2.18. The number of aromatic amines is 1. The summed E-state index contributed by atoms with van der Waals surface area (Å²) in [5.41, 5.74) is 2.73. The van der Waals surface area contributed by atoms with Gasteiger partial charge in [0.1, 0.15) is 5.69 Å². The molecule has 104 valence electrons. The molecule has 0 radical (unpaired) electrons. The molecule has 1 aliphatic rings. The Morgan fingerprint density at radius 2 is 1.90 bits per heavy atom. The molecule has 1 amide bonds. The molecule has 0 saturated carbocycles. The van der Waals surface area contributed by atoms with Crippen LogP contribution in [0.4, 0.5) is 11.4 Å². The molecule has 20 heavy (non-hydrogen) atoms. The normalized spacial score (nSPS) is 18.6. The van der Waals surface area contributed by atoms with E-state index in [-0.39, 0.29) is 5.91 Å². The van der Waals surface area contributed by atoms with E-state index in [2.05, 4.69) is 29.9 Å². The first-order valence-electron chi connectivity index (χ1n) is 6.92. The zero-order valence-electron chi connectivity index (χ0n) is 11.8. The number of carbonyl (C=O) groups is 1. The van der Waals surface area contributed by atoms with Crippen molar-refractivity contribution in [3.05, 3.63) is 48.3 Å². The number of anilines is 2. The molecule has 1 aliphatic heterocycles. The number of fused-ring (bicyclic) bond motifs is 1. The Morgan fingerprint density at radius 1 is 1.15 bits per heavy atom. The molecule has 2 heterocycles. The van der Waals surface area contributed by atoms with Crippen LogP contribution in [0.15, 0.2) is 42.6 Å². The summed E-state index contributed by atoms with van der Waals surface area (Å²) in [4.78, 5) is 19.8. The highest BCUT2D eigenvalue weighted by molar-refractivity contribution is 6.06. The van der Waals surface area contributed by atoms with Crippen LogP contribution < -0.4 is 9.80 Å². The number of aromatic nitrogens is 1. The Kier molecular flexibility index (Phi) is 3.22. The van der Waals surface area contributed by atoms with Gasteiger partial charge in [-0.3, -0.25) is 4.79 Å². The van der Waals surface area contributed by atoms with Crippen LogP contribution in [-0.2, 0) is 0 Å². The quantitative estimate of drug-likeness (QED) is 0.864. The Balaban J connectivity index is 2.05. The van der Waals surface area contributed by atoms with Crippen molar-refractivity contribution in [2.75, 3.05) is 29.9 Å². The lowest BCUT2D eigenvalue weighted by molar-refractivity contribution is 0.0980. The van der Waals surface area contributed by atoms with E-state index in [1.165, 1.54) is 0 Å². The highest BCUT2D eigenvalue weighted by Crippen LogP contribution is 2.33. The van der Waals surface area contributed by atoms with E-state index in [0.29, 0.717) is 11.6 Å². The number of amides is 1. The highest BCUT2D eigenvalue weighted by atomic mass is 16.2. The zero-order chi connectivity index (χ0) is 14.1. The number of hydrogen-bond acceptors (Lipinski definition) is 2. The predicted octanol–water partition coefficient (Wildman–Crippen LogP) is 2.75. The van der Waals surface area contributed by atoms with Crippen LogP contribution in [-0.4, -0.2) is 31.0 Å². The van der Waals surface area contributed by atoms with Gasteiger partial charge in [-0.15, -0.1) is 0 Å². The molecule has 0 fully saturated rings. The van der Waals surface area contributed by atoms with Crippen molar-refractivity contribution in [2.45, 2.75) is 6.92 Å². The van der Waals surface area contributed by atoms with Crippen LogP contribution in [0, 0.1) is 5.92 Å². The molecule has 1 N–H and O–H groups in total. The lowest BCUT2D eigenvalue weighted by Crippen LogP contribution is -2.35. The molecule has 1 atom stereocenters. The molecule has 2 aromatic rings. The van der Waals surface area contributed by atoms with E-state index in [1.807, 2.05) is 35.2 Å². The van der Waals surface area contributed by atoms with Gasteiger partial charge in [-0.2, -0.15) is 0 Å². The third-order valence-electron chi connectivity index (χ3n) is 3.74. The van der Waals surface area contributed by atoms with Crippen molar-refractivity contribution in [3.8, 4) is 0 Å². The van der Waals surface area contributed by atoms with Gasteiger partial charge >= 0.3 is 0 Å². The van der Waals surface area contributed by atoms with Crippen molar-refractivity contribution in [1.82, 2.24) is 4.98 Å². The van der Waals surface area contributed by atoms with Crippen LogP contribution in [0.5, 0.6) is 0 Å². The summed E-state index contributed by atoms with van der Waals surface area (Å²) in [6.45, 7) is 3.86. The minimum Gasteiger partial charge on any atom is -0.373 e. The summed E-state index contributed by atoms with van der Waals surface area (Å²) in [6, 6.07) is 11.8. The number of benzene rings is 1. The van der Waals surface area contributed by atoms with Gasteiger partial charge in [-0.25, -0.2) is 0 Å². The first kappa shape index (κ1) is 12.8. The molecule has 0 bridgehead atoms. The van der Waals surface area contributed by atoms with E-state index >= 15 is 0 Å². The van der Waals surface area contributed by atoms with E-state index < -0.39 is 0 Å². The Bertz CT molecular complexity index is 606. The van der Waals surface area contributed by atoms with Gasteiger partial charge in [0.25, 0.3) is 5.91 Å². The monoisotopic (exact) mass is 269 g/mol. The second-order valence-corrected chi connectivity index (χ2v) is 5.47. The van der Waals surface area contributed by atoms with E-state index in [9.17, 15) is 4.79 Å². The van der Waals surface area contributed by atoms with E-state index in [4.69, 9.17) is 0 Å². The average Bonchev–Trinajstić information content (AvgIpc) is 2.94. The fourth-order valence-electron chi connectivity index (χ4n) is 2.85. The maximum Gasteiger partial charge on any atom is 0.274 e. The number of nitrogens with zero attached hydrogens (tertiary/aromatic N) is 2. The zero-order valence-corrected chi connectivity index (χ0v) is 11.8. The lowest BCUT2D eigenvalue weighted by Gasteiger charge is -2.24. The standard InChI is InChI=1S/C16H19N3O/c1-12-10-18(2)14-7-3-4-8-15(14)19(11-12)16(20)13-6-5-9-17-13/h3-9,12,17H,10-11H2,1-2H3/t12-/m1/s1. The van der Waals surface area contributed by atoms with Crippen molar-refractivity contribution in [3.63, 3.8) is 0 Å². The van der Waals surface area contributed by atoms with Crippen LogP contribution in [0.1, 0.15) is 17.4 Å². The summed E-state index contributed by atoms with van der Waals surface area (Å²) in [5, 5.41) is 0. The molecular weight excluding hydrogens is 250 g/mol. The molecule has 4 heteroatoms. The largest absolute Gasteiger partial charge is 0.373 e. The third-order valence-corrected chi connectivity index (χ3v) is 3.74. The van der Waals surface area contributed by atoms with Gasteiger partial charge in [0.2, 0.25) is 0 Å². The number of nitrogens with one attached hydrogen (secondary N) is 1. The molecule has 0 aliphatic carbocycles. The molecule has 0 spiro atoms. The Labute approximate surface area is 119 Å². The van der Waals surface area contributed by atoms with Gasteiger partial charge in [-0.05, 0) is 30.2 Å². The SMILES string of the molecule is C[C@@H]1CN(C)c2ccccc2N(C(=O)c2ccc[nH]2)C1. The van der Waals surface area contributed by atoms with Crippen molar-refractivity contribution >= 4 is 17.3 Å². The molecule has 3 rings (SSSR count). The maximum absolute atomic E-state index is 12.7. The molecule has 4 nitrogen and oxygen atoms in total. The number of H-pyrrole nitrogens is 1. The van der Waals surface area contributed by atoms with Crippen molar-refractivity contribution < 1.29 is 4.79 Å². The first-order chi connectivity index (χ1) is 9.66. The predicted molar refractivity (Wildman–Crippen MR) is 81.3 cm³/mol. The van der Waals surface area contributed by atoms with Gasteiger partial charge in [0.05, 0.1) is 11.4 Å². The number of hydrogen-bond donors (Lipinski definition) is 1. The minimum atomic E-state index is 0.0320. The lowest BCUT2D eigenvalue weighted by atomic mass is 10.1. The van der Waals surface area contributed by atoms with Gasteiger partial charge in [-0.1, -0.05) is 19.1 Å². The topological polar surface area (TPSA) is 39.3 Å². The fourth-order valence-corrected chi connectivity index (χ4v) is 2.85. The van der Waals surface area contributed by atoms with Crippen LogP contribution in [0.2, 0.25) is 0 Å². The molecular formula is C16H19N3O. The fraction of sp³-hybridized carbons (Fsp3) is 0.312. The van der Waals surface area contributed by atoms with Crippen molar-refractivity contribution in [2.24, 2.45) is 5.92 Å². The average molecular weight is 269 g/mol. The van der Waals surface area contributed by atoms with Crippen LogP contribution in [0.25, 0.3) is 0 Å². The van der Waals surface area contributed by atoms with Crippen molar-refractivity contribution in [1.29, 1.82) is 0 Å². The van der Waals surface area contributed by atoms with Gasteiger partial charge < -0.3 is 14.8 Å². The summed E-state index contributed by atoms with van der Waals surface area (Å²) < 4.78 is 0. The minimum absolute atomic E-state index is 0.0320. The van der Waals surface area contributed by atoms with Gasteiger partial charge in [0.15, 0.2) is 0 Å². The first-order valence-corrected chi connectivity index (χ1v) is 6.92. The molecule has 0 saturated heterocycles. The summed E-state index contributed by atoms with van der Waals surface area (Å²) >= 11 is 0. The molecule has 0 unspecified atom stereocenters. The highest BCUT2D eigenvalue weighted by Gasteiger charge is 2.27. The Hall–Kier alpha value is -2.23. The summed E-state index contributed by atoms with van der Waals surface area (Å²) in [7, 11) is 2.08. The second-order valence-electron chi connectivity index (χ2n) is 5.47. The number of para-hydroxylation sites is 2. The van der Waals surface area contributed by atoms with E-state index in [1.54, 1.807) is 6.20 Å². The number of rotatable bonds is 1.